The van der Waals surface area contributed by atoms with Gasteiger partial charge in [-0.3, -0.25) is 0 Å². The SMILES string of the molecule is CCCCCc1cc(OC)ccc1C. The van der Waals surface area contributed by atoms with E-state index in [1.807, 2.05) is 6.07 Å². The maximum Gasteiger partial charge on any atom is 0.119 e. The van der Waals surface area contributed by atoms with Crippen molar-refractivity contribution in [3.05, 3.63) is 29.3 Å². The summed E-state index contributed by atoms with van der Waals surface area (Å²) >= 11 is 0. The highest BCUT2D eigenvalue weighted by molar-refractivity contribution is 5.34. The van der Waals surface area contributed by atoms with E-state index >= 15 is 0 Å². The summed E-state index contributed by atoms with van der Waals surface area (Å²) in [5.74, 6) is 0.974. The van der Waals surface area contributed by atoms with Crippen molar-refractivity contribution in [1.82, 2.24) is 0 Å². The fraction of sp³-hybridized carbons (Fsp3) is 0.538. The summed E-state index contributed by atoms with van der Waals surface area (Å²) in [4.78, 5) is 0. The molecule has 0 amide bonds. The Kier molecular flexibility index (Phi) is 4.51. The summed E-state index contributed by atoms with van der Waals surface area (Å²) in [5, 5.41) is 0. The Hall–Kier alpha value is -0.980. The zero-order valence-corrected chi connectivity index (χ0v) is 9.47. The van der Waals surface area contributed by atoms with Crippen LogP contribution in [0.3, 0.4) is 0 Å². The fourth-order valence-electron chi connectivity index (χ4n) is 1.61. The van der Waals surface area contributed by atoms with Crippen molar-refractivity contribution in [2.24, 2.45) is 0 Å². The van der Waals surface area contributed by atoms with E-state index in [0.717, 1.165) is 5.75 Å². The van der Waals surface area contributed by atoms with Crippen LogP contribution < -0.4 is 4.74 Å². The molecule has 0 aromatic heterocycles. The lowest BCUT2D eigenvalue weighted by molar-refractivity contribution is 0.414. The van der Waals surface area contributed by atoms with Crippen LogP contribution in [0.15, 0.2) is 18.2 Å². The molecule has 0 fully saturated rings. The van der Waals surface area contributed by atoms with E-state index in [1.54, 1.807) is 7.11 Å². The van der Waals surface area contributed by atoms with E-state index in [4.69, 9.17) is 4.74 Å². The van der Waals surface area contributed by atoms with Gasteiger partial charge >= 0.3 is 0 Å². The summed E-state index contributed by atoms with van der Waals surface area (Å²) in [6, 6.07) is 6.32. The first-order valence-corrected chi connectivity index (χ1v) is 5.41. The van der Waals surface area contributed by atoms with E-state index in [0.29, 0.717) is 0 Å². The van der Waals surface area contributed by atoms with E-state index in [9.17, 15) is 0 Å². The lowest BCUT2D eigenvalue weighted by Crippen LogP contribution is -1.92. The van der Waals surface area contributed by atoms with Gasteiger partial charge in [0.25, 0.3) is 0 Å². The van der Waals surface area contributed by atoms with Crippen LogP contribution in [0, 0.1) is 6.92 Å². The molecule has 0 heterocycles. The maximum absolute atomic E-state index is 5.22. The van der Waals surface area contributed by atoms with Crippen LogP contribution >= 0.6 is 0 Å². The minimum absolute atomic E-state index is 0.974. The van der Waals surface area contributed by atoms with Crippen molar-refractivity contribution in [1.29, 1.82) is 0 Å². The first-order valence-electron chi connectivity index (χ1n) is 5.41. The summed E-state index contributed by atoms with van der Waals surface area (Å²) in [6.45, 7) is 4.40. The molecule has 0 atom stereocenters. The minimum atomic E-state index is 0.974. The van der Waals surface area contributed by atoms with Gasteiger partial charge < -0.3 is 4.74 Å². The predicted octanol–water partition coefficient (Wildman–Crippen LogP) is 3.74. The topological polar surface area (TPSA) is 9.23 Å². The zero-order valence-electron chi connectivity index (χ0n) is 9.47. The maximum atomic E-state index is 5.22. The van der Waals surface area contributed by atoms with E-state index in [2.05, 4.69) is 26.0 Å². The van der Waals surface area contributed by atoms with Gasteiger partial charge in [0.2, 0.25) is 0 Å². The number of rotatable bonds is 5. The van der Waals surface area contributed by atoms with Gasteiger partial charge in [0.1, 0.15) is 5.75 Å². The number of hydrogen-bond acceptors (Lipinski definition) is 1. The number of methoxy groups -OCH3 is 1. The van der Waals surface area contributed by atoms with Crippen molar-refractivity contribution in [3.63, 3.8) is 0 Å². The number of unbranched alkanes of at least 4 members (excludes halogenated alkanes) is 2. The van der Waals surface area contributed by atoms with E-state index in [-0.39, 0.29) is 0 Å². The monoisotopic (exact) mass is 192 g/mol. The van der Waals surface area contributed by atoms with Gasteiger partial charge in [0.15, 0.2) is 0 Å². The van der Waals surface area contributed by atoms with Gasteiger partial charge in [0.05, 0.1) is 7.11 Å². The molecule has 0 radical (unpaired) electrons. The predicted molar refractivity (Wildman–Crippen MR) is 61.0 cm³/mol. The van der Waals surface area contributed by atoms with E-state index in [1.165, 1.54) is 36.8 Å². The molecule has 0 saturated carbocycles. The molecule has 0 N–H and O–H groups in total. The first kappa shape index (κ1) is 11.1. The molecule has 0 bridgehead atoms. The first-order chi connectivity index (χ1) is 6.77. The molecular formula is C13H20O. The number of hydrogen-bond donors (Lipinski definition) is 0. The van der Waals surface area contributed by atoms with Crippen LogP contribution in [0.4, 0.5) is 0 Å². The minimum Gasteiger partial charge on any atom is -0.497 e. The van der Waals surface area contributed by atoms with Gasteiger partial charge in [-0.15, -0.1) is 0 Å². The molecule has 1 heteroatoms. The highest BCUT2D eigenvalue weighted by atomic mass is 16.5. The molecule has 14 heavy (non-hydrogen) atoms. The summed E-state index contributed by atoms with van der Waals surface area (Å²) in [5.41, 5.74) is 2.81. The lowest BCUT2D eigenvalue weighted by Gasteiger charge is -2.07. The third-order valence-electron chi connectivity index (χ3n) is 2.61. The van der Waals surface area contributed by atoms with Crippen LogP contribution in [-0.4, -0.2) is 7.11 Å². The Morgan fingerprint density at radius 2 is 2.00 bits per heavy atom. The molecule has 0 saturated heterocycles. The van der Waals surface area contributed by atoms with Crippen molar-refractivity contribution in [2.75, 3.05) is 7.11 Å². The normalized spacial score (nSPS) is 10.2. The molecule has 0 aliphatic heterocycles. The van der Waals surface area contributed by atoms with Gasteiger partial charge in [0, 0.05) is 0 Å². The van der Waals surface area contributed by atoms with Crippen LogP contribution in [-0.2, 0) is 6.42 Å². The van der Waals surface area contributed by atoms with Crippen LogP contribution in [0.25, 0.3) is 0 Å². The number of aryl methyl sites for hydroxylation is 2. The fourth-order valence-corrected chi connectivity index (χ4v) is 1.61. The van der Waals surface area contributed by atoms with Crippen molar-refractivity contribution >= 4 is 0 Å². The molecule has 0 aliphatic rings. The van der Waals surface area contributed by atoms with Gasteiger partial charge in [-0.25, -0.2) is 0 Å². The molecule has 78 valence electrons. The van der Waals surface area contributed by atoms with Crippen LogP contribution in [0.2, 0.25) is 0 Å². The molecule has 1 aromatic rings. The Balaban J connectivity index is 2.64. The van der Waals surface area contributed by atoms with Gasteiger partial charge in [-0.1, -0.05) is 25.8 Å². The van der Waals surface area contributed by atoms with Crippen LogP contribution in [0.5, 0.6) is 5.75 Å². The Morgan fingerprint density at radius 3 is 2.64 bits per heavy atom. The van der Waals surface area contributed by atoms with Crippen LogP contribution in [0.1, 0.15) is 37.3 Å². The Morgan fingerprint density at radius 1 is 1.21 bits per heavy atom. The average Bonchev–Trinajstić information content (AvgIpc) is 2.21. The third kappa shape index (κ3) is 3.06. The Bertz CT molecular complexity index is 279. The van der Waals surface area contributed by atoms with E-state index < -0.39 is 0 Å². The molecule has 0 spiro atoms. The average molecular weight is 192 g/mol. The Labute approximate surface area is 87.1 Å². The van der Waals surface area contributed by atoms with Crippen molar-refractivity contribution in [2.45, 2.75) is 39.5 Å². The molecule has 1 aromatic carbocycles. The second-order valence-electron chi connectivity index (χ2n) is 3.75. The highest BCUT2D eigenvalue weighted by Crippen LogP contribution is 2.18. The number of ether oxygens (including phenoxy) is 1. The van der Waals surface area contributed by atoms with Gasteiger partial charge in [-0.2, -0.15) is 0 Å². The zero-order chi connectivity index (χ0) is 10.4. The quantitative estimate of drug-likeness (QED) is 0.646. The molecule has 1 nitrogen and oxygen atoms in total. The smallest absolute Gasteiger partial charge is 0.119 e. The van der Waals surface area contributed by atoms with Crippen molar-refractivity contribution < 1.29 is 4.74 Å². The largest absolute Gasteiger partial charge is 0.497 e. The number of benzene rings is 1. The summed E-state index contributed by atoms with van der Waals surface area (Å²) in [7, 11) is 1.72. The van der Waals surface area contributed by atoms with Crippen molar-refractivity contribution in [3.8, 4) is 5.75 Å². The third-order valence-corrected chi connectivity index (χ3v) is 2.61. The molecule has 1 rings (SSSR count). The van der Waals surface area contributed by atoms with Gasteiger partial charge in [-0.05, 0) is 43.0 Å². The summed E-state index contributed by atoms with van der Waals surface area (Å²) < 4.78 is 5.22. The lowest BCUT2D eigenvalue weighted by atomic mass is 10.0. The molecule has 0 unspecified atom stereocenters. The second-order valence-corrected chi connectivity index (χ2v) is 3.75. The summed E-state index contributed by atoms with van der Waals surface area (Å²) in [6.07, 6.45) is 5.06. The molecule has 0 aliphatic carbocycles. The standard InChI is InChI=1S/C13H20O/c1-4-5-6-7-12-10-13(14-3)9-8-11(12)2/h8-10H,4-7H2,1-3H3. The second kappa shape index (κ2) is 5.69. The highest BCUT2D eigenvalue weighted by Gasteiger charge is 2.00. The molecular weight excluding hydrogens is 172 g/mol.